The number of halogens is 1. The highest BCUT2D eigenvalue weighted by molar-refractivity contribution is 14.1. The van der Waals surface area contributed by atoms with Crippen LogP contribution in [0.25, 0.3) is 0 Å². The average Bonchev–Trinajstić information content (AvgIpc) is 1.94. The lowest BCUT2D eigenvalue weighted by molar-refractivity contribution is 0.420. The smallest absolute Gasteiger partial charge is 0.0503 e. The number of allylic oxidation sites excluding steroid dienone is 1. The molecule has 0 aromatic heterocycles. The predicted octanol–water partition coefficient (Wildman–Crippen LogP) is 2.23. The van der Waals surface area contributed by atoms with Gasteiger partial charge in [0.15, 0.2) is 0 Å². The van der Waals surface area contributed by atoms with Gasteiger partial charge < -0.3 is 5.73 Å². The first-order valence-electron chi connectivity index (χ1n) is 3.86. The topological polar surface area (TPSA) is 38.4 Å². The second-order valence-corrected chi connectivity index (χ2v) is 3.98. The predicted molar refractivity (Wildman–Crippen MR) is 57.0 cm³/mol. The van der Waals surface area contributed by atoms with Crippen LogP contribution in [0.2, 0.25) is 0 Å². The van der Waals surface area contributed by atoms with Gasteiger partial charge in [-0.3, -0.25) is 4.99 Å². The lowest BCUT2D eigenvalue weighted by atomic mass is 9.94. The van der Waals surface area contributed by atoms with Crippen molar-refractivity contribution in [2.24, 2.45) is 10.7 Å². The van der Waals surface area contributed by atoms with E-state index in [1.54, 1.807) is 6.20 Å². The summed E-state index contributed by atoms with van der Waals surface area (Å²) in [5, 5.41) is 0. The highest BCUT2D eigenvalue weighted by Crippen LogP contribution is 2.23. The lowest BCUT2D eigenvalue weighted by Crippen LogP contribution is -2.16. The SMILES string of the molecule is CC(=NC1CCC1)C(I)=CN. The molecule has 1 aliphatic rings. The molecule has 0 atom stereocenters. The Morgan fingerprint density at radius 1 is 1.64 bits per heavy atom. The largest absolute Gasteiger partial charge is 0.404 e. The van der Waals surface area contributed by atoms with Crippen LogP contribution >= 0.6 is 22.6 Å². The maximum atomic E-state index is 5.36. The summed E-state index contributed by atoms with van der Waals surface area (Å²) in [5.41, 5.74) is 6.44. The third kappa shape index (κ3) is 2.47. The van der Waals surface area contributed by atoms with Gasteiger partial charge in [0.2, 0.25) is 0 Å². The number of rotatable bonds is 2. The van der Waals surface area contributed by atoms with Crippen LogP contribution in [0.1, 0.15) is 26.2 Å². The molecule has 0 saturated heterocycles. The van der Waals surface area contributed by atoms with Crippen molar-refractivity contribution in [3.05, 3.63) is 9.78 Å². The zero-order chi connectivity index (χ0) is 8.27. The molecule has 3 heteroatoms. The van der Waals surface area contributed by atoms with E-state index in [4.69, 9.17) is 5.73 Å². The number of hydrogen-bond acceptors (Lipinski definition) is 2. The van der Waals surface area contributed by atoms with E-state index in [-0.39, 0.29) is 0 Å². The Hall–Kier alpha value is -0.0600. The molecule has 0 aliphatic heterocycles. The maximum absolute atomic E-state index is 5.36. The van der Waals surface area contributed by atoms with Crippen LogP contribution in [0.3, 0.4) is 0 Å². The Kier molecular flexibility index (Phi) is 3.36. The molecule has 0 amide bonds. The molecule has 2 N–H and O–H groups in total. The molecule has 0 aromatic rings. The van der Waals surface area contributed by atoms with Gasteiger partial charge in [-0.1, -0.05) is 0 Å². The molecule has 0 radical (unpaired) electrons. The van der Waals surface area contributed by atoms with E-state index in [0.29, 0.717) is 6.04 Å². The van der Waals surface area contributed by atoms with Gasteiger partial charge in [-0.15, -0.1) is 0 Å². The first-order chi connectivity index (χ1) is 5.24. The quantitative estimate of drug-likeness (QED) is 0.602. The van der Waals surface area contributed by atoms with Gasteiger partial charge in [0, 0.05) is 15.5 Å². The van der Waals surface area contributed by atoms with Gasteiger partial charge in [0.05, 0.1) is 6.04 Å². The van der Waals surface area contributed by atoms with Crippen LogP contribution in [-0.2, 0) is 0 Å². The molecule has 1 aliphatic carbocycles. The highest BCUT2D eigenvalue weighted by Gasteiger charge is 2.16. The third-order valence-electron chi connectivity index (χ3n) is 1.94. The third-order valence-corrected chi connectivity index (χ3v) is 3.08. The van der Waals surface area contributed by atoms with Gasteiger partial charge >= 0.3 is 0 Å². The maximum Gasteiger partial charge on any atom is 0.0503 e. The molecule has 11 heavy (non-hydrogen) atoms. The summed E-state index contributed by atoms with van der Waals surface area (Å²) in [6.07, 6.45) is 5.46. The molecule has 0 unspecified atom stereocenters. The van der Waals surface area contributed by atoms with Crippen LogP contribution in [0, 0.1) is 0 Å². The number of hydrogen-bond donors (Lipinski definition) is 1. The summed E-state index contributed by atoms with van der Waals surface area (Å²) in [4.78, 5) is 4.51. The highest BCUT2D eigenvalue weighted by atomic mass is 127. The summed E-state index contributed by atoms with van der Waals surface area (Å²) in [5.74, 6) is 0. The van der Waals surface area contributed by atoms with Crippen molar-refractivity contribution in [3.63, 3.8) is 0 Å². The molecule has 1 rings (SSSR count). The molecule has 62 valence electrons. The average molecular weight is 264 g/mol. The van der Waals surface area contributed by atoms with Crippen LogP contribution in [-0.4, -0.2) is 11.8 Å². The van der Waals surface area contributed by atoms with Gasteiger partial charge in [0.25, 0.3) is 0 Å². The van der Waals surface area contributed by atoms with Crippen molar-refractivity contribution in [2.75, 3.05) is 0 Å². The molecule has 0 spiro atoms. The number of aliphatic imine (C=N–C) groups is 1. The summed E-state index contributed by atoms with van der Waals surface area (Å²) in [6, 6.07) is 0.583. The Bertz CT molecular complexity index is 192. The molecule has 2 nitrogen and oxygen atoms in total. The minimum atomic E-state index is 0.583. The molecular weight excluding hydrogens is 251 g/mol. The fourth-order valence-corrected chi connectivity index (χ4v) is 1.11. The zero-order valence-corrected chi connectivity index (χ0v) is 8.84. The minimum Gasteiger partial charge on any atom is -0.404 e. The molecular formula is C8H13IN2. The molecule has 1 fully saturated rings. The fourth-order valence-electron chi connectivity index (χ4n) is 0.972. The van der Waals surface area contributed by atoms with Gasteiger partial charge in [-0.2, -0.15) is 0 Å². The van der Waals surface area contributed by atoms with Crippen LogP contribution < -0.4 is 5.73 Å². The Labute approximate surface area is 81.1 Å². The molecule has 1 saturated carbocycles. The van der Waals surface area contributed by atoms with Crippen molar-refractivity contribution in [3.8, 4) is 0 Å². The van der Waals surface area contributed by atoms with E-state index >= 15 is 0 Å². The van der Waals surface area contributed by atoms with E-state index in [2.05, 4.69) is 27.6 Å². The van der Waals surface area contributed by atoms with E-state index in [1.807, 2.05) is 6.92 Å². The second kappa shape index (κ2) is 4.09. The van der Waals surface area contributed by atoms with Crippen molar-refractivity contribution >= 4 is 28.3 Å². The van der Waals surface area contributed by atoms with E-state index in [1.165, 1.54) is 19.3 Å². The van der Waals surface area contributed by atoms with Gasteiger partial charge in [0.1, 0.15) is 0 Å². The monoisotopic (exact) mass is 264 g/mol. The van der Waals surface area contributed by atoms with Crippen molar-refractivity contribution in [1.29, 1.82) is 0 Å². The Morgan fingerprint density at radius 2 is 2.27 bits per heavy atom. The van der Waals surface area contributed by atoms with Gasteiger partial charge in [-0.25, -0.2) is 0 Å². The first kappa shape index (κ1) is 9.03. The number of nitrogens with two attached hydrogens (primary N) is 1. The Balaban J connectivity index is 2.50. The summed E-state index contributed by atoms with van der Waals surface area (Å²) in [6.45, 7) is 2.02. The summed E-state index contributed by atoms with van der Waals surface area (Å²) < 4.78 is 1.06. The second-order valence-electron chi connectivity index (χ2n) is 2.81. The number of nitrogens with zero attached hydrogens (tertiary/aromatic N) is 1. The minimum absolute atomic E-state index is 0.583. The van der Waals surface area contributed by atoms with Crippen molar-refractivity contribution in [1.82, 2.24) is 0 Å². The lowest BCUT2D eigenvalue weighted by Gasteiger charge is -2.21. The van der Waals surface area contributed by atoms with E-state index in [0.717, 1.165) is 9.29 Å². The molecule has 0 aromatic carbocycles. The van der Waals surface area contributed by atoms with Crippen molar-refractivity contribution in [2.45, 2.75) is 32.2 Å². The zero-order valence-electron chi connectivity index (χ0n) is 6.68. The van der Waals surface area contributed by atoms with Crippen LogP contribution in [0.5, 0.6) is 0 Å². The summed E-state index contributed by atoms with van der Waals surface area (Å²) >= 11 is 2.21. The van der Waals surface area contributed by atoms with E-state index in [9.17, 15) is 0 Å². The van der Waals surface area contributed by atoms with Gasteiger partial charge in [-0.05, 0) is 48.8 Å². The van der Waals surface area contributed by atoms with Crippen LogP contribution in [0.4, 0.5) is 0 Å². The fraction of sp³-hybridized carbons (Fsp3) is 0.625. The summed E-state index contributed by atoms with van der Waals surface area (Å²) in [7, 11) is 0. The van der Waals surface area contributed by atoms with E-state index < -0.39 is 0 Å². The normalized spacial score (nSPS) is 21.6. The molecule has 0 heterocycles. The first-order valence-corrected chi connectivity index (χ1v) is 4.94. The molecule has 0 bridgehead atoms. The standard InChI is InChI=1S/C8H13IN2/c1-6(8(9)5-10)11-7-3-2-4-7/h5,7H,2-4,10H2,1H3. The van der Waals surface area contributed by atoms with Crippen molar-refractivity contribution < 1.29 is 0 Å². The Morgan fingerprint density at radius 3 is 2.64 bits per heavy atom. The van der Waals surface area contributed by atoms with Crippen LogP contribution in [0.15, 0.2) is 14.8 Å².